The van der Waals surface area contributed by atoms with Gasteiger partial charge in [0.15, 0.2) is 23.1 Å². The Morgan fingerprint density at radius 3 is 1.22 bits per heavy atom. The Hall–Kier alpha value is -13.9. The van der Waals surface area contributed by atoms with E-state index in [9.17, 15) is 51.9 Å². The van der Waals surface area contributed by atoms with Crippen LogP contribution in [0.4, 0.5) is 30.6 Å². The van der Waals surface area contributed by atoms with E-state index in [4.69, 9.17) is 33.7 Å². The third-order valence-corrected chi connectivity index (χ3v) is 23.7. The zero-order valence-electron chi connectivity index (χ0n) is 67.2. The van der Waals surface area contributed by atoms with Gasteiger partial charge < -0.3 is 53.1 Å². The number of aromatic nitrogens is 3. The number of benzene rings is 6. The molecule has 9 aromatic rings. The van der Waals surface area contributed by atoms with Crippen LogP contribution in [-0.4, -0.2) is 201 Å². The number of nitrogens with zero attached hydrogens (tertiary/aromatic N) is 9. The Bertz CT molecular complexity index is 5990. The molecule has 6 saturated heterocycles. The van der Waals surface area contributed by atoms with Crippen LogP contribution in [0.3, 0.4) is 0 Å². The van der Waals surface area contributed by atoms with E-state index in [0.29, 0.717) is 85.3 Å². The van der Waals surface area contributed by atoms with Crippen molar-refractivity contribution >= 4 is 82.4 Å². The lowest BCUT2D eigenvalue weighted by Gasteiger charge is -2.28. The number of morpholine rings is 2. The molecule has 3 atom stereocenters. The van der Waals surface area contributed by atoms with Crippen LogP contribution in [-0.2, 0) is 57.9 Å². The monoisotopic (exact) mass is 1680 g/mol. The van der Waals surface area contributed by atoms with E-state index in [1.54, 1.807) is 54.5 Å². The fourth-order valence-corrected chi connectivity index (χ4v) is 17.0. The molecule has 9 aliphatic rings. The number of hydrogen-bond acceptors (Lipinski definition) is 21. The molecule has 624 valence electrons. The van der Waals surface area contributed by atoms with Gasteiger partial charge in [0, 0.05) is 129 Å². The first-order valence-corrected chi connectivity index (χ1v) is 41.0. The minimum Gasteiger partial charge on any atom is -0.497 e. The van der Waals surface area contributed by atoms with E-state index >= 15 is 4.39 Å². The van der Waals surface area contributed by atoms with E-state index in [2.05, 4.69) is 71.2 Å². The molecule has 9 aliphatic heterocycles. The standard InChI is InChI=1S/C31H26F2N4O5.C31H27FN4O5.C31H28N4O4S/c1-41-24-8-6-20-17-37(29(39)27(20)28(24)33)18-31(16-26(38)35-30(31)40)10-9-19-5-7-21(22(32)15-19)23-3-2-4-25(34-23)36-11-13-42-14-12-36;1-40-24-10-9-22-18-36(29(38)27(22)28(24)32)19-31(17-26(37)34-30(31)39)12-11-20-5-7-21(8-6-20)23-3-2-4-25(33-23)35-13-15-41-16-14-35;1-39-24-10-9-23-19-35(29(37)25(23)17-24)20-31(18-28(36)33-30(31)38)12-11-21-5-7-22(8-6-21)26-3-2-4-27(32-26)34-13-15-40-16-14-34/h2-8,15H,11-14,16-18H2,1H3,(H,35,38,40);2-10H,13-19H2,1H3,(H,34,37,39);2-10,17H,13-16,18-20H2,1H3,(H,33,36,38)/t3*31-/m111/s1. The molecule has 18 rings (SSSR count). The van der Waals surface area contributed by atoms with E-state index in [-0.39, 0.29) is 91.6 Å². The summed E-state index contributed by atoms with van der Waals surface area (Å²) in [4.78, 5) is 140. The van der Waals surface area contributed by atoms with Gasteiger partial charge in [-0.25, -0.2) is 28.1 Å². The number of thioether (sulfide) groups is 1. The zero-order chi connectivity index (χ0) is 85.7. The molecule has 0 unspecified atom stereocenters. The first kappa shape index (κ1) is 82.8. The highest BCUT2D eigenvalue weighted by Crippen LogP contribution is 2.40. The summed E-state index contributed by atoms with van der Waals surface area (Å²) < 4.78 is 71.1. The number of imide groups is 3. The Balaban J connectivity index is 0.000000137. The highest BCUT2D eigenvalue weighted by Gasteiger charge is 2.52. The molecule has 0 bridgehead atoms. The summed E-state index contributed by atoms with van der Waals surface area (Å²) in [7, 11) is 4.18. The lowest BCUT2D eigenvalue weighted by atomic mass is 9.85. The maximum atomic E-state index is 15.3. The topological polar surface area (TPSA) is 294 Å². The van der Waals surface area contributed by atoms with Gasteiger partial charge in [0.2, 0.25) is 35.4 Å². The van der Waals surface area contributed by atoms with Crippen molar-refractivity contribution in [1.29, 1.82) is 0 Å². The Morgan fingerprint density at radius 1 is 0.415 bits per heavy atom. The number of pyridine rings is 3. The van der Waals surface area contributed by atoms with Crippen LogP contribution in [0.1, 0.15) is 83.7 Å². The van der Waals surface area contributed by atoms with Gasteiger partial charge in [0.1, 0.15) is 45.3 Å². The third kappa shape index (κ3) is 17.5. The average Bonchev–Trinajstić information content (AvgIpc) is 1.63. The number of amides is 9. The van der Waals surface area contributed by atoms with Crippen LogP contribution < -0.4 is 44.9 Å². The number of hydrogen-bond donors (Lipinski definition) is 3. The SMILES string of the molecule is COc1ccc2c(c1)C(=O)N(C[C@@]1(C#Cc3ccc(-c4cccc(N5CCSCC5)n4)cc3)CC(=O)NC1=O)C2.COc1ccc2c(c1F)C(=O)N(C[C@@]1(C#Cc3ccc(-c4cccc(N5CCOCC5)n4)c(F)c3)CC(=O)NC1=O)C2.COc1ccc2c(c1F)C(=O)N(C[C@@]1(C#Cc3ccc(-c4cccc(N5CCOCC5)n4)cc3)CC(=O)NC1=O)C2. The van der Waals surface area contributed by atoms with Crippen molar-refractivity contribution in [3.63, 3.8) is 0 Å². The second kappa shape index (κ2) is 35.4. The van der Waals surface area contributed by atoms with Gasteiger partial charge in [-0.3, -0.25) is 59.1 Å². The lowest BCUT2D eigenvalue weighted by molar-refractivity contribution is -0.128. The number of methoxy groups -OCH3 is 3. The van der Waals surface area contributed by atoms with Gasteiger partial charge in [0.05, 0.1) is 95.2 Å². The second-order valence-electron chi connectivity index (χ2n) is 30.7. The number of halogens is 3. The summed E-state index contributed by atoms with van der Waals surface area (Å²) in [6.07, 6.45) is -0.573. The molecule has 0 spiro atoms. The molecule has 3 aromatic heterocycles. The first-order chi connectivity index (χ1) is 59.6. The molecule has 26 nitrogen and oxygen atoms in total. The highest BCUT2D eigenvalue weighted by molar-refractivity contribution is 7.99. The minimum absolute atomic E-state index is 0.0250. The molecule has 6 aromatic carbocycles. The maximum Gasteiger partial charge on any atom is 0.257 e. The van der Waals surface area contributed by atoms with Gasteiger partial charge in [0.25, 0.3) is 17.7 Å². The van der Waals surface area contributed by atoms with Crippen LogP contribution in [0.15, 0.2) is 164 Å². The number of carbonyl (C=O) groups excluding carboxylic acids is 9. The summed E-state index contributed by atoms with van der Waals surface area (Å²) in [6, 6.07) is 48.4. The summed E-state index contributed by atoms with van der Waals surface area (Å²) >= 11 is 1.97. The smallest absolute Gasteiger partial charge is 0.257 e. The predicted octanol–water partition coefficient (Wildman–Crippen LogP) is 9.04. The quantitative estimate of drug-likeness (QED) is 0.0637. The molecular weight excluding hydrogens is 1600 g/mol. The Labute approximate surface area is 710 Å². The van der Waals surface area contributed by atoms with E-state index < -0.39 is 81.0 Å². The molecule has 3 N–H and O–H groups in total. The fraction of sp³-hybridized carbons (Fsp3) is 0.290. The number of ether oxygens (including phenoxy) is 5. The van der Waals surface area contributed by atoms with Crippen molar-refractivity contribution in [2.24, 2.45) is 16.2 Å². The van der Waals surface area contributed by atoms with Gasteiger partial charge >= 0.3 is 0 Å². The largest absolute Gasteiger partial charge is 0.497 e. The molecule has 6 fully saturated rings. The van der Waals surface area contributed by atoms with Crippen molar-refractivity contribution in [2.45, 2.75) is 38.9 Å². The molecule has 0 aliphatic carbocycles. The molecule has 0 saturated carbocycles. The average molecular weight is 1680 g/mol. The van der Waals surface area contributed by atoms with Gasteiger partial charge in [-0.15, -0.1) is 0 Å². The van der Waals surface area contributed by atoms with Crippen LogP contribution >= 0.6 is 11.8 Å². The van der Waals surface area contributed by atoms with Crippen LogP contribution in [0.25, 0.3) is 33.8 Å². The number of carbonyl (C=O) groups is 9. The molecule has 123 heavy (non-hydrogen) atoms. The number of nitrogens with one attached hydrogen (secondary N) is 3. The third-order valence-electron chi connectivity index (χ3n) is 22.7. The number of rotatable bonds is 15. The van der Waals surface area contributed by atoms with E-state index in [0.717, 1.165) is 83.2 Å². The summed E-state index contributed by atoms with van der Waals surface area (Å²) in [5.74, 6) is 16.6. The lowest BCUT2D eigenvalue weighted by Crippen LogP contribution is -2.42. The Kier molecular flexibility index (Phi) is 23.9. The molecule has 30 heteroatoms. The highest BCUT2D eigenvalue weighted by atomic mass is 32.2. The summed E-state index contributed by atoms with van der Waals surface area (Å²) in [5, 5.41) is 6.95. The minimum atomic E-state index is -1.58. The summed E-state index contributed by atoms with van der Waals surface area (Å²) in [5.41, 5.74) is 3.70. The van der Waals surface area contributed by atoms with Crippen LogP contribution in [0, 0.1) is 69.2 Å². The number of fused-ring (bicyclic) bond motifs is 3. The predicted molar refractivity (Wildman–Crippen MR) is 449 cm³/mol. The van der Waals surface area contributed by atoms with Crippen molar-refractivity contribution in [3.8, 4) is 86.5 Å². The summed E-state index contributed by atoms with van der Waals surface area (Å²) in [6.45, 7) is 7.65. The van der Waals surface area contributed by atoms with E-state index in [1.807, 2.05) is 115 Å². The van der Waals surface area contributed by atoms with Crippen molar-refractivity contribution in [3.05, 3.63) is 231 Å². The van der Waals surface area contributed by atoms with Crippen molar-refractivity contribution in [1.82, 2.24) is 45.6 Å². The first-order valence-electron chi connectivity index (χ1n) is 39.9. The van der Waals surface area contributed by atoms with Gasteiger partial charge in [-0.05, 0) is 120 Å². The maximum absolute atomic E-state index is 15.3. The Morgan fingerprint density at radius 2 is 0.805 bits per heavy atom. The molecule has 12 heterocycles. The van der Waals surface area contributed by atoms with Gasteiger partial charge in [-0.1, -0.05) is 96.2 Å². The van der Waals surface area contributed by atoms with E-state index in [1.165, 1.54) is 42.2 Å². The normalized spacial score (nSPS) is 20.0. The second-order valence-corrected chi connectivity index (χ2v) is 31.9. The van der Waals surface area contributed by atoms with Gasteiger partial charge in [-0.2, -0.15) is 11.8 Å². The number of anilines is 3. The van der Waals surface area contributed by atoms with Crippen LogP contribution in [0.2, 0.25) is 0 Å². The van der Waals surface area contributed by atoms with Crippen LogP contribution in [0.5, 0.6) is 17.2 Å². The molecule has 9 amide bonds. The molecular formula is C93H81F3N12O14S. The molecule has 0 radical (unpaired) electrons. The zero-order valence-corrected chi connectivity index (χ0v) is 68.0. The van der Waals surface area contributed by atoms with Crippen molar-refractivity contribution in [2.75, 3.05) is 133 Å². The van der Waals surface area contributed by atoms with Crippen molar-refractivity contribution < 1.29 is 80.0 Å². The fourth-order valence-electron chi connectivity index (χ4n) is 16.1.